The molecule has 0 unspecified atom stereocenters. The van der Waals surface area contributed by atoms with Gasteiger partial charge in [0.25, 0.3) is 5.91 Å². The van der Waals surface area contributed by atoms with Crippen LogP contribution in [0.15, 0.2) is 11.0 Å². The minimum absolute atomic E-state index is 0.103. The fourth-order valence-corrected chi connectivity index (χ4v) is 3.69. The predicted octanol–water partition coefficient (Wildman–Crippen LogP) is 0.596. The molecule has 1 aliphatic carbocycles. The summed E-state index contributed by atoms with van der Waals surface area (Å²) in [5.41, 5.74) is 0.0716. The molecule has 4 rings (SSSR count). The van der Waals surface area contributed by atoms with Gasteiger partial charge < -0.3 is 19.3 Å². The van der Waals surface area contributed by atoms with E-state index in [1.54, 1.807) is 22.6 Å². The first kappa shape index (κ1) is 12.0. The minimum Gasteiger partial charge on any atom is -0.503 e. The largest absolute Gasteiger partial charge is 0.503 e. The van der Waals surface area contributed by atoms with Gasteiger partial charge in [0.15, 0.2) is 17.7 Å². The minimum atomic E-state index is -0.467. The van der Waals surface area contributed by atoms with Crippen LogP contribution in [0.4, 0.5) is 0 Å². The van der Waals surface area contributed by atoms with Crippen LogP contribution in [0, 0.1) is 6.92 Å². The Morgan fingerprint density at radius 3 is 2.95 bits per heavy atom. The van der Waals surface area contributed by atoms with E-state index in [4.69, 9.17) is 4.74 Å². The predicted molar refractivity (Wildman–Crippen MR) is 69.6 cm³/mol. The average Bonchev–Trinajstić information content (AvgIpc) is 2.77. The van der Waals surface area contributed by atoms with Crippen molar-refractivity contribution in [2.24, 2.45) is 0 Å². The van der Waals surface area contributed by atoms with Gasteiger partial charge in [-0.15, -0.1) is 0 Å². The number of amides is 1. The Balaban J connectivity index is 1.87. The van der Waals surface area contributed by atoms with Gasteiger partial charge in [0.05, 0.1) is 12.6 Å². The quantitative estimate of drug-likeness (QED) is 0.753. The van der Waals surface area contributed by atoms with Gasteiger partial charge in [-0.25, -0.2) is 0 Å². The van der Waals surface area contributed by atoms with Crippen LogP contribution in [0.5, 0.6) is 5.75 Å². The summed E-state index contributed by atoms with van der Waals surface area (Å²) in [5, 5.41) is 10.0. The highest BCUT2D eigenvalue weighted by molar-refractivity contribution is 5.96. The average molecular weight is 276 g/mol. The van der Waals surface area contributed by atoms with Crippen molar-refractivity contribution in [1.82, 2.24) is 9.47 Å². The fourth-order valence-electron chi connectivity index (χ4n) is 3.69. The van der Waals surface area contributed by atoms with Gasteiger partial charge in [0.1, 0.15) is 0 Å². The van der Waals surface area contributed by atoms with Crippen molar-refractivity contribution >= 4 is 5.91 Å². The lowest BCUT2D eigenvalue weighted by molar-refractivity contribution is -0.132. The van der Waals surface area contributed by atoms with Crippen molar-refractivity contribution in [3.63, 3.8) is 0 Å². The molecular weight excluding hydrogens is 260 g/mol. The maximum atomic E-state index is 12.6. The third kappa shape index (κ3) is 1.42. The lowest BCUT2D eigenvalue weighted by Gasteiger charge is -2.44. The zero-order valence-corrected chi connectivity index (χ0v) is 11.2. The highest BCUT2D eigenvalue weighted by Gasteiger charge is 2.47. The highest BCUT2D eigenvalue weighted by atomic mass is 16.5. The van der Waals surface area contributed by atoms with E-state index < -0.39 is 11.2 Å². The maximum Gasteiger partial charge on any atom is 0.276 e. The highest BCUT2D eigenvalue weighted by Crippen LogP contribution is 2.38. The van der Waals surface area contributed by atoms with Crippen molar-refractivity contribution < 1.29 is 14.6 Å². The molecule has 3 atom stereocenters. The second kappa shape index (κ2) is 3.85. The molecule has 2 fully saturated rings. The number of hydrogen-bond acceptors (Lipinski definition) is 4. The summed E-state index contributed by atoms with van der Waals surface area (Å²) >= 11 is 0. The van der Waals surface area contributed by atoms with Crippen molar-refractivity contribution in [1.29, 1.82) is 0 Å². The molecule has 20 heavy (non-hydrogen) atoms. The SMILES string of the molecule is Cc1cn2c(c(O)c1=O)C(=O)N1[C@@H]3CC[C@@H](C3)O[C@H]1C2. The van der Waals surface area contributed by atoms with Crippen LogP contribution >= 0.6 is 0 Å². The summed E-state index contributed by atoms with van der Waals surface area (Å²) in [6.07, 6.45) is 4.37. The van der Waals surface area contributed by atoms with Gasteiger partial charge in [-0.1, -0.05) is 0 Å². The van der Waals surface area contributed by atoms with Gasteiger partial charge in [-0.2, -0.15) is 0 Å². The van der Waals surface area contributed by atoms with Crippen LogP contribution in [-0.4, -0.2) is 38.9 Å². The van der Waals surface area contributed by atoms with E-state index in [2.05, 4.69) is 0 Å². The molecule has 0 aromatic carbocycles. The smallest absolute Gasteiger partial charge is 0.276 e. The Kier molecular flexibility index (Phi) is 2.30. The number of carbonyl (C=O) groups is 1. The number of pyridine rings is 1. The van der Waals surface area contributed by atoms with E-state index in [0.29, 0.717) is 12.1 Å². The topological polar surface area (TPSA) is 71.8 Å². The molecule has 0 radical (unpaired) electrons. The summed E-state index contributed by atoms with van der Waals surface area (Å²) in [7, 11) is 0. The van der Waals surface area contributed by atoms with Gasteiger partial charge >= 0.3 is 0 Å². The maximum absolute atomic E-state index is 12.6. The molecule has 6 heteroatoms. The first-order chi connectivity index (χ1) is 9.56. The monoisotopic (exact) mass is 276 g/mol. The van der Waals surface area contributed by atoms with Crippen LogP contribution in [0.3, 0.4) is 0 Å². The molecule has 3 aliphatic rings. The molecule has 1 aromatic heterocycles. The summed E-state index contributed by atoms with van der Waals surface area (Å²) in [4.78, 5) is 26.2. The molecule has 1 saturated heterocycles. The van der Waals surface area contributed by atoms with E-state index in [9.17, 15) is 14.7 Å². The van der Waals surface area contributed by atoms with E-state index >= 15 is 0 Å². The Morgan fingerprint density at radius 2 is 2.15 bits per heavy atom. The Morgan fingerprint density at radius 1 is 1.35 bits per heavy atom. The number of fused-ring (bicyclic) bond motifs is 5. The zero-order valence-electron chi connectivity index (χ0n) is 11.2. The van der Waals surface area contributed by atoms with Crippen molar-refractivity contribution in [2.45, 2.75) is 51.1 Å². The number of hydrogen-bond donors (Lipinski definition) is 1. The number of rotatable bonds is 0. The van der Waals surface area contributed by atoms with E-state index in [1.165, 1.54) is 0 Å². The van der Waals surface area contributed by atoms with Crippen LogP contribution in [-0.2, 0) is 11.3 Å². The fraction of sp³-hybridized carbons (Fsp3) is 0.571. The number of carbonyl (C=O) groups excluding carboxylic acids is 1. The molecule has 106 valence electrons. The van der Waals surface area contributed by atoms with Crippen molar-refractivity contribution in [3.05, 3.63) is 27.7 Å². The van der Waals surface area contributed by atoms with Crippen LogP contribution in [0.25, 0.3) is 0 Å². The number of ether oxygens (including phenoxy) is 1. The van der Waals surface area contributed by atoms with E-state index in [0.717, 1.165) is 19.3 Å². The third-order valence-electron chi connectivity index (χ3n) is 4.63. The Labute approximate surface area is 115 Å². The van der Waals surface area contributed by atoms with Gasteiger partial charge in [0, 0.05) is 17.8 Å². The van der Waals surface area contributed by atoms with Gasteiger partial charge in [-0.3, -0.25) is 9.59 Å². The summed E-state index contributed by atoms with van der Waals surface area (Å²) < 4.78 is 7.60. The molecule has 3 heterocycles. The molecule has 2 bridgehead atoms. The number of aryl methyl sites for hydroxylation is 1. The molecule has 1 saturated carbocycles. The van der Waals surface area contributed by atoms with Gasteiger partial charge in [0.2, 0.25) is 5.43 Å². The summed E-state index contributed by atoms with van der Waals surface area (Å²) in [5.74, 6) is -0.727. The first-order valence-corrected chi connectivity index (χ1v) is 6.97. The Hall–Kier alpha value is -1.82. The molecule has 0 spiro atoms. The lowest BCUT2D eigenvalue weighted by atomic mass is 10.1. The standard InChI is InChI=1S/C14H16N2O4/c1-7-5-15-6-10-16(8-2-3-9(4-8)20-10)14(19)11(15)13(18)12(7)17/h5,8-10,18H,2-4,6H2,1H3/t8-,9+,10+/m1/s1. The second-order valence-electron chi connectivity index (χ2n) is 5.88. The molecule has 1 N–H and O–H groups in total. The van der Waals surface area contributed by atoms with Gasteiger partial charge in [-0.05, 0) is 26.2 Å². The number of nitrogens with zero attached hydrogens (tertiary/aromatic N) is 2. The zero-order chi connectivity index (χ0) is 14.0. The normalized spacial score (nSPS) is 31.1. The molecule has 1 amide bonds. The van der Waals surface area contributed by atoms with Crippen LogP contribution < -0.4 is 5.43 Å². The number of aromatic nitrogens is 1. The van der Waals surface area contributed by atoms with E-state index in [-0.39, 0.29) is 30.0 Å². The first-order valence-electron chi connectivity index (χ1n) is 6.97. The van der Waals surface area contributed by atoms with Crippen LogP contribution in [0.2, 0.25) is 0 Å². The molecule has 2 aliphatic heterocycles. The molecule has 6 nitrogen and oxygen atoms in total. The summed E-state index contributed by atoms with van der Waals surface area (Å²) in [6, 6.07) is 0.177. The third-order valence-corrected chi connectivity index (χ3v) is 4.63. The molecular formula is C14H16N2O4. The summed E-state index contributed by atoms with van der Waals surface area (Å²) in [6.45, 7) is 2.11. The molecule has 1 aromatic rings. The second-order valence-corrected chi connectivity index (χ2v) is 5.88. The van der Waals surface area contributed by atoms with Crippen molar-refractivity contribution in [3.8, 4) is 5.75 Å². The van der Waals surface area contributed by atoms with Crippen LogP contribution in [0.1, 0.15) is 35.3 Å². The van der Waals surface area contributed by atoms with Crippen molar-refractivity contribution in [2.75, 3.05) is 0 Å². The number of aromatic hydroxyl groups is 1. The van der Waals surface area contributed by atoms with E-state index in [1.807, 2.05) is 0 Å². The Bertz CT molecular complexity index is 666. The lowest BCUT2D eigenvalue weighted by Crippen LogP contribution is -2.57.